The van der Waals surface area contributed by atoms with Gasteiger partial charge in [0.25, 0.3) is 5.91 Å². The molecular formula is C16H15N5O2. The molecule has 0 aliphatic rings. The van der Waals surface area contributed by atoms with E-state index < -0.39 is 0 Å². The lowest BCUT2D eigenvalue weighted by atomic mass is 10.2. The fourth-order valence-electron chi connectivity index (χ4n) is 1.98. The van der Waals surface area contributed by atoms with E-state index in [0.29, 0.717) is 23.8 Å². The summed E-state index contributed by atoms with van der Waals surface area (Å²) < 4.78 is 4.91. The van der Waals surface area contributed by atoms with Crippen molar-refractivity contribution in [1.82, 2.24) is 15.1 Å². The number of aryl methyl sites for hydroxylation is 1. The molecule has 3 heterocycles. The van der Waals surface area contributed by atoms with Crippen molar-refractivity contribution in [2.75, 3.05) is 10.6 Å². The topological polar surface area (TPSA) is 92.9 Å². The summed E-state index contributed by atoms with van der Waals surface area (Å²) in [6.07, 6.45) is 5.09. The Hall–Kier alpha value is -3.22. The Morgan fingerprint density at radius 1 is 1.26 bits per heavy atom. The first-order valence-corrected chi connectivity index (χ1v) is 7.04. The highest BCUT2D eigenvalue weighted by Crippen LogP contribution is 2.12. The van der Waals surface area contributed by atoms with E-state index in [-0.39, 0.29) is 5.91 Å². The number of carbonyl (C=O) groups excluding carboxylic acids is 1. The average Bonchev–Trinajstić information content (AvgIpc) is 2.99. The summed E-state index contributed by atoms with van der Waals surface area (Å²) in [6.45, 7) is 2.37. The van der Waals surface area contributed by atoms with Crippen LogP contribution in [-0.2, 0) is 6.54 Å². The summed E-state index contributed by atoms with van der Waals surface area (Å²) in [7, 11) is 0. The molecule has 0 saturated carbocycles. The Bertz CT molecular complexity index is 801. The van der Waals surface area contributed by atoms with Crippen molar-refractivity contribution in [3.63, 3.8) is 0 Å². The molecule has 0 bridgehead atoms. The number of pyridine rings is 2. The first-order chi connectivity index (χ1) is 11.2. The van der Waals surface area contributed by atoms with Crippen LogP contribution < -0.4 is 10.6 Å². The molecule has 3 rings (SSSR count). The predicted octanol–water partition coefficient (Wildman–Crippen LogP) is 2.64. The molecule has 0 saturated heterocycles. The molecule has 7 nitrogen and oxygen atoms in total. The molecule has 0 unspecified atom stereocenters. The number of aromatic nitrogens is 3. The van der Waals surface area contributed by atoms with Crippen LogP contribution in [0.2, 0.25) is 0 Å². The average molecular weight is 309 g/mol. The Kier molecular flexibility index (Phi) is 4.28. The lowest BCUT2D eigenvalue weighted by Gasteiger charge is -2.07. The first-order valence-electron chi connectivity index (χ1n) is 7.04. The molecule has 2 N–H and O–H groups in total. The second-order valence-electron chi connectivity index (χ2n) is 4.92. The van der Waals surface area contributed by atoms with Crippen LogP contribution in [0.1, 0.15) is 21.8 Å². The van der Waals surface area contributed by atoms with Gasteiger partial charge in [-0.2, -0.15) is 0 Å². The molecule has 23 heavy (non-hydrogen) atoms. The second-order valence-corrected chi connectivity index (χ2v) is 4.92. The van der Waals surface area contributed by atoms with Gasteiger partial charge >= 0.3 is 0 Å². The molecule has 0 aromatic carbocycles. The molecule has 0 atom stereocenters. The van der Waals surface area contributed by atoms with Crippen LogP contribution in [0.5, 0.6) is 0 Å². The van der Waals surface area contributed by atoms with Gasteiger partial charge in [0.2, 0.25) is 0 Å². The number of hydrogen-bond acceptors (Lipinski definition) is 6. The highest BCUT2D eigenvalue weighted by atomic mass is 16.5. The number of nitrogens with zero attached hydrogens (tertiary/aromatic N) is 3. The van der Waals surface area contributed by atoms with Gasteiger partial charge in [0.05, 0.1) is 0 Å². The molecule has 0 aliphatic heterocycles. The number of anilines is 2. The van der Waals surface area contributed by atoms with E-state index >= 15 is 0 Å². The lowest BCUT2D eigenvalue weighted by molar-refractivity contribution is 0.102. The molecule has 116 valence electrons. The van der Waals surface area contributed by atoms with Gasteiger partial charge in [0.15, 0.2) is 5.82 Å². The quantitative estimate of drug-likeness (QED) is 0.752. The van der Waals surface area contributed by atoms with Gasteiger partial charge in [-0.25, -0.2) is 0 Å². The maximum atomic E-state index is 12.2. The maximum absolute atomic E-state index is 12.2. The van der Waals surface area contributed by atoms with Gasteiger partial charge in [-0.1, -0.05) is 11.2 Å². The molecule has 0 fully saturated rings. The summed E-state index contributed by atoms with van der Waals surface area (Å²) in [4.78, 5) is 20.3. The summed E-state index contributed by atoms with van der Waals surface area (Å²) in [5.41, 5.74) is 2.14. The summed E-state index contributed by atoms with van der Waals surface area (Å²) in [6, 6.07) is 8.97. The molecule has 3 aromatic heterocycles. The van der Waals surface area contributed by atoms with Crippen molar-refractivity contribution in [3.8, 4) is 0 Å². The third-order valence-corrected chi connectivity index (χ3v) is 3.08. The third kappa shape index (κ3) is 3.91. The zero-order valence-electron chi connectivity index (χ0n) is 12.5. The summed E-state index contributed by atoms with van der Waals surface area (Å²) in [5.74, 6) is 0.645. The van der Waals surface area contributed by atoms with E-state index in [9.17, 15) is 4.79 Å². The number of nitrogens with one attached hydrogen (secondary N) is 2. The van der Waals surface area contributed by atoms with Crippen LogP contribution in [0.4, 0.5) is 11.5 Å². The summed E-state index contributed by atoms with van der Waals surface area (Å²) in [5, 5.41) is 9.59. The largest absolute Gasteiger partial charge is 0.381 e. The first kappa shape index (κ1) is 14.7. The minimum absolute atomic E-state index is 0.293. The standard InChI is InChI=1S/C16H15N5O2/c1-11-7-15(21-23-11)20-16(22)14-8-13(4-6-18-14)19-10-12-3-2-5-17-9-12/h2-9H,10H2,1H3,(H,18,19)(H,20,21,22). The van der Waals surface area contributed by atoms with E-state index in [1.165, 1.54) is 0 Å². The zero-order valence-corrected chi connectivity index (χ0v) is 12.5. The van der Waals surface area contributed by atoms with Crippen LogP contribution in [0, 0.1) is 6.92 Å². The van der Waals surface area contributed by atoms with Crippen LogP contribution in [0.25, 0.3) is 0 Å². The number of hydrogen-bond donors (Lipinski definition) is 2. The monoisotopic (exact) mass is 309 g/mol. The van der Waals surface area contributed by atoms with Gasteiger partial charge < -0.3 is 15.2 Å². The predicted molar refractivity (Wildman–Crippen MR) is 85.0 cm³/mol. The van der Waals surface area contributed by atoms with Gasteiger partial charge in [-0.3, -0.25) is 14.8 Å². The SMILES string of the molecule is Cc1cc(NC(=O)c2cc(NCc3cccnc3)ccn2)no1. The Labute approximate surface area is 132 Å². The fraction of sp³-hybridized carbons (Fsp3) is 0.125. The number of rotatable bonds is 5. The Morgan fingerprint density at radius 3 is 2.91 bits per heavy atom. The van der Waals surface area contributed by atoms with Crippen molar-refractivity contribution >= 4 is 17.4 Å². The molecule has 0 spiro atoms. The van der Waals surface area contributed by atoms with Crippen molar-refractivity contribution in [1.29, 1.82) is 0 Å². The van der Waals surface area contributed by atoms with Gasteiger partial charge in [0, 0.05) is 36.9 Å². The molecule has 7 heteroatoms. The number of carbonyl (C=O) groups is 1. The van der Waals surface area contributed by atoms with Crippen molar-refractivity contribution in [2.45, 2.75) is 13.5 Å². The molecule has 3 aromatic rings. The van der Waals surface area contributed by atoms with E-state index in [0.717, 1.165) is 11.3 Å². The van der Waals surface area contributed by atoms with E-state index in [4.69, 9.17) is 4.52 Å². The molecule has 1 amide bonds. The van der Waals surface area contributed by atoms with Crippen LogP contribution in [0.15, 0.2) is 53.4 Å². The zero-order chi connectivity index (χ0) is 16.1. The van der Waals surface area contributed by atoms with Gasteiger partial charge in [0.1, 0.15) is 11.5 Å². The van der Waals surface area contributed by atoms with Gasteiger partial charge in [-0.15, -0.1) is 0 Å². The molecule has 0 aliphatic carbocycles. The normalized spacial score (nSPS) is 10.3. The van der Waals surface area contributed by atoms with E-state index in [2.05, 4.69) is 25.8 Å². The van der Waals surface area contributed by atoms with Crippen LogP contribution in [0.3, 0.4) is 0 Å². The lowest BCUT2D eigenvalue weighted by Crippen LogP contribution is -2.14. The molecular weight excluding hydrogens is 294 g/mol. The smallest absolute Gasteiger partial charge is 0.275 e. The van der Waals surface area contributed by atoms with Crippen molar-refractivity contribution in [2.24, 2.45) is 0 Å². The number of amides is 1. The minimum Gasteiger partial charge on any atom is -0.381 e. The third-order valence-electron chi connectivity index (χ3n) is 3.08. The Morgan fingerprint density at radius 2 is 2.17 bits per heavy atom. The van der Waals surface area contributed by atoms with Crippen molar-refractivity contribution in [3.05, 3.63) is 65.9 Å². The van der Waals surface area contributed by atoms with Crippen molar-refractivity contribution < 1.29 is 9.32 Å². The fourth-order valence-corrected chi connectivity index (χ4v) is 1.98. The van der Waals surface area contributed by atoms with Gasteiger partial charge in [-0.05, 0) is 30.7 Å². The Balaban J connectivity index is 1.65. The highest BCUT2D eigenvalue weighted by molar-refractivity contribution is 6.02. The minimum atomic E-state index is -0.344. The van der Waals surface area contributed by atoms with E-state index in [1.807, 2.05) is 12.1 Å². The second kappa shape index (κ2) is 6.69. The maximum Gasteiger partial charge on any atom is 0.275 e. The molecule has 0 radical (unpaired) electrons. The van der Waals surface area contributed by atoms with E-state index in [1.54, 1.807) is 43.7 Å². The highest BCUT2D eigenvalue weighted by Gasteiger charge is 2.10. The van der Waals surface area contributed by atoms with Crippen LogP contribution in [-0.4, -0.2) is 21.0 Å². The van der Waals surface area contributed by atoms with Crippen LogP contribution >= 0.6 is 0 Å². The summed E-state index contributed by atoms with van der Waals surface area (Å²) >= 11 is 0.